The number of hydrogen-bond donors (Lipinski definition) is 2. The van der Waals surface area contributed by atoms with E-state index in [0.717, 1.165) is 35.1 Å². The highest BCUT2D eigenvalue weighted by Crippen LogP contribution is 2.27. The van der Waals surface area contributed by atoms with Crippen LogP contribution in [0.4, 0.5) is 11.4 Å². The lowest BCUT2D eigenvalue weighted by Gasteiger charge is -2.21. The molecular weight excluding hydrogens is 222 g/mol. The second-order valence-electron chi connectivity index (χ2n) is 4.73. The van der Waals surface area contributed by atoms with Crippen LogP contribution in [0.1, 0.15) is 19.3 Å². The molecule has 3 N–H and O–H groups in total. The summed E-state index contributed by atoms with van der Waals surface area (Å²) >= 11 is 0. The predicted octanol–water partition coefficient (Wildman–Crippen LogP) is 3.34. The van der Waals surface area contributed by atoms with Crippen molar-refractivity contribution in [3.63, 3.8) is 0 Å². The van der Waals surface area contributed by atoms with E-state index in [9.17, 15) is 0 Å². The van der Waals surface area contributed by atoms with Gasteiger partial charge in [0, 0.05) is 23.3 Å². The van der Waals surface area contributed by atoms with E-state index >= 15 is 0 Å². The lowest BCUT2D eigenvalue weighted by molar-refractivity contribution is 0.645. The maximum absolute atomic E-state index is 5.96. The number of aromatic nitrogens is 1. The normalized spacial score (nSPS) is 19.0. The highest BCUT2D eigenvalue weighted by molar-refractivity contribution is 5.97. The Morgan fingerprint density at radius 3 is 3.00 bits per heavy atom. The molecule has 3 rings (SSSR count). The van der Waals surface area contributed by atoms with Gasteiger partial charge in [0.15, 0.2) is 0 Å². The molecule has 1 heterocycles. The minimum absolute atomic E-state index is 0.516. The third-order valence-electron chi connectivity index (χ3n) is 3.43. The van der Waals surface area contributed by atoms with Crippen LogP contribution in [0.5, 0.6) is 0 Å². The number of nitrogen functional groups attached to an aromatic ring is 1. The Hall–Kier alpha value is -2.03. The number of hydrogen-bond acceptors (Lipinski definition) is 3. The summed E-state index contributed by atoms with van der Waals surface area (Å²) in [6.45, 7) is 0. The van der Waals surface area contributed by atoms with Gasteiger partial charge >= 0.3 is 0 Å². The van der Waals surface area contributed by atoms with Gasteiger partial charge < -0.3 is 11.1 Å². The molecule has 92 valence electrons. The number of para-hydroxylation sites is 1. The Morgan fingerprint density at radius 2 is 2.17 bits per heavy atom. The average molecular weight is 239 g/mol. The summed E-state index contributed by atoms with van der Waals surface area (Å²) in [5, 5.41) is 4.71. The topological polar surface area (TPSA) is 50.9 Å². The molecule has 0 aliphatic heterocycles. The van der Waals surface area contributed by atoms with Crippen LogP contribution in [0.25, 0.3) is 10.9 Å². The lowest BCUT2D eigenvalue weighted by atomic mass is 10.0. The van der Waals surface area contributed by atoms with Crippen molar-refractivity contribution in [1.82, 2.24) is 4.98 Å². The van der Waals surface area contributed by atoms with Gasteiger partial charge in [0.05, 0.1) is 11.2 Å². The highest BCUT2D eigenvalue weighted by atomic mass is 14.9. The summed E-state index contributed by atoms with van der Waals surface area (Å²) in [6, 6.07) is 8.48. The summed E-state index contributed by atoms with van der Waals surface area (Å²) < 4.78 is 0. The van der Waals surface area contributed by atoms with Crippen molar-refractivity contribution >= 4 is 22.3 Å². The fourth-order valence-electron chi connectivity index (χ4n) is 2.47. The van der Waals surface area contributed by atoms with Crippen molar-refractivity contribution in [2.75, 3.05) is 11.1 Å². The monoisotopic (exact) mass is 239 g/mol. The van der Waals surface area contributed by atoms with Gasteiger partial charge in [0.2, 0.25) is 0 Å². The second kappa shape index (κ2) is 4.69. The molecule has 1 aliphatic carbocycles. The predicted molar refractivity (Wildman–Crippen MR) is 76.6 cm³/mol. The summed E-state index contributed by atoms with van der Waals surface area (Å²) in [5.41, 5.74) is 8.71. The molecule has 2 aromatic rings. The van der Waals surface area contributed by atoms with E-state index in [1.54, 1.807) is 0 Å². The van der Waals surface area contributed by atoms with Gasteiger partial charge in [-0.1, -0.05) is 24.3 Å². The van der Waals surface area contributed by atoms with Crippen LogP contribution < -0.4 is 11.1 Å². The Kier molecular flexibility index (Phi) is 2.89. The summed E-state index contributed by atoms with van der Waals surface area (Å²) in [4.78, 5) is 4.36. The molecule has 1 aromatic heterocycles. The van der Waals surface area contributed by atoms with Crippen molar-refractivity contribution in [2.45, 2.75) is 25.3 Å². The summed E-state index contributed by atoms with van der Waals surface area (Å²) in [5.74, 6) is 0. The second-order valence-corrected chi connectivity index (χ2v) is 4.73. The number of nitrogens with two attached hydrogens (primary N) is 1. The molecule has 1 aromatic carbocycles. The first-order valence-corrected chi connectivity index (χ1v) is 6.39. The van der Waals surface area contributed by atoms with E-state index in [2.05, 4.69) is 28.5 Å². The first-order chi connectivity index (χ1) is 8.84. The van der Waals surface area contributed by atoms with Gasteiger partial charge in [-0.2, -0.15) is 0 Å². The molecule has 0 amide bonds. The number of rotatable bonds is 2. The molecule has 0 saturated heterocycles. The van der Waals surface area contributed by atoms with E-state index in [4.69, 9.17) is 5.73 Å². The van der Waals surface area contributed by atoms with Gasteiger partial charge in [-0.15, -0.1) is 0 Å². The van der Waals surface area contributed by atoms with Crippen LogP contribution in [-0.2, 0) is 0 Å². The molecule has 0 radical (unpaired) electrons. The number of benzene rings is 1. The number of pyridine rings is 1. The summed E-state index contributed by atoms with van der Waals surface area (Å²) in [7, 11) is 0. The van der Waals surface area contributed by atoms with Gasteiger partial charge in [-0.25, -0.2) is 0 Å². The van der Waals surface area contributed by atoms with Crippen molar-refractivity contribution < 1.29 is 0 Å². The SMILES string of the molecule is Nc1cccc2c(NC3CC=CCC3)ccnc12. The Morgan fingerprint density at radius 1 is 1.22 bits per heavy atom. The quantitative estimate of drug-likeness (QED) is 0.624. The van der Waals surface area contributed by atoms with E-state index in [-0.39, 0.29) is 0 Å². The zero-order chi connectivity index (χ0) is 12.4. The minimum atomic E-state index is 0.516. The molecule has 1 atom stereocenters. The molecule has 18 heavy (non-hydrogen) atoms. The largest absolute Gasteiger partial charge is 0.397 e. The van der Waals surface area contributed by atoms with Crippen LogP contribution in [0.3, 0.4) is 0 Å². The molecular formula is C15H17N3. The van der Waals surface area contributed by atoms with Crippen LogP contribution in [0.2, 0.25) is 0 Å². The number of allylic oxidation sites excluding steroid dienone is 1. The molecule has 0 bridgehead atoms. The molecule has 0 fully saturated rings. The van der Waals surface area contributed by atoms with Crippen molar-refractivity contribution in [2.24, 2.45) is 0 Å². The third-order valence-corrected chi connectivity index (χ3v) is 3.43. The van der Waals surface area contributed by atoms with Gasteiger partial charge in [-0.3, -0.25) is 4.98 Å². The smallest absolute Gasteiger partial charge is 0.0951 e. The molecule has 3 nitrogen and oxygen atoms in total. The molecule has 0 saturated carbocycles. The van der Waals surface area contributed by atoms with E-state index in [1.165, 1.54) is 6.42 Å². The van der Waals surface area contributed by atoms with Crippen LogP contribution in [0, 0.1) is 0 Å². The maximum Gasteiger partial charge on any atom is 0.0951 e. The third kappa shape index (κ3) is 2.04. The van der Waals surface area contributed by atoms with Crippen LogP contribution in [-0.4, -0.2) is 11.0 Å². The zero-order valence-electron chi connectivity index (χ0n) is 10.3. The van der Waals surface area contributed by atoms with E-state index in [1.807, 2.05) is 24.4 Å². The lowest BCUT2D eigenvalue weighted by Crippen LogP contribution is -2.20. The van der Waals surface area contributed by atoms with Crippen molar-refractivity contribution in [3.8, 4) is 0 Å². The van der Waals surface area contributed by atoms with E-state index < -0.39 is 0 Å². The highest BCUT2D eigenvalue weighted by Gasteiger charge is 2.11. The molecule has 3 heteroatoms. The van der Waals surface area contributed by atoms with Crippen LogP contribution in [0.15, 0.2) is 42.6 Å². The number of fused-ring (bicyclic) bond motifs is 1. The number of nitrogens with one attached hydrogen (secondary N) is 1. The maximum atomic E-state index is 5.96. The van der Waals surface area contributed by atoms with Gasteiger partial charge in [0.1, 0.15) is 0 Å². The fraction of sp³-hybridized carbons (Fsp3) is 0.267. The van der Waals surface area contributed by atoms with Gasteiger partial charge in [0.25, 0.3) is 0 Å². The average Bonchev–Trinajstić information content (AvgIpc) is 2.41. The summed E-state index contributed by atoms with van der Waals surface area (Å²) in [6.07, 6.45) is 9.75. The first kappa shape index (κ1) is 11.1. The Bertz CT molecular complexity index is 589. The van der Waals surface area contributed by atoms with Crippen molar-refractivity contribution in [3.05, 3.63) is 42.6 Å². The molecule has 1 unspecified atom stereocenters. The molecule has 0 spiro atoms. The number of nitrogens with zero attached hydrogens (tertiary/aromatic N) is 1. The Balaban J connectivity index is 1.96. The molecule has 1 aliphatic rings. The standard InChI is InChI=1S/C15H17N3/c16-13-8-4-7-12-14(9-10-17-15(12)13)18-11-5-2-1-3-6-11/h1-2,4,7-11H,3,5-6,16H2,(H,17,18). The fourth-order valence-corrected chi connectivity index (χ4v) is 2.47. The van der Waals surface area contributed by atoms with Crippen LogP contribution >= 0.6 is 0 Å². The Labute approximate surface area is 107 Å². The zero-order valence-corrected chi connectivity index (χ0v) is 10.3. The first-order valence-electron chi connectivity index (χ1n) is 6.39. The van der Waals surface area contributed by atoms with Gasteiger partial charge in [-0.05, 0) is 31.4 Å². The minimum Gasteiger partial charge on any atom is -0.397 e. The number of anilines is 2. The van der Waals surface area contributed by atoms with Crippen molar-refractivity contribution in [1.29, 1.82) is 0 Å². The van der Waals surface area contributed by atoms with E-state index in [0.29, 0.717) is 6.04 Å².